The van der Waals surface area contributed by atoms with E-state index in [1.165, 1.54) is 11.1 Å². The summed E-state index contributed by atoms with van der Waals surface area (Å²) in [7, 11) is 0. The fraction of sp³-hybridized carbons (Fsp3) is 0.435. The standard InChI is InChI=1S/C23H28BrNO3/c1-23(2,3)28-22(26)25-14-4-5-20(25)16-27-21-12-8-18(9-13-21)15-17-6-10-19(24)11-7-17/h6-13,20H,4-5,14-16H2,1-3H3/t20-/m1/s1. The summed E-state index contributed by atoms with van der Waals surface area (Å²) in [6, 6.07) is 16.6. The van der Waals surface area contributed by atoms with Crippen molar-refractivity contribution in [2.45, 2.75) is 51.7 Å². The Hall–Kier alpha value is -2.01. The Bertz CT molecular complexity index is 781. The van der Waals surface area contributed by atoms with Crippen molar-refractivity contribution in [1.29, 1.82) is 0 Å². The van der Waals surface area contributed by atoms with Gasteiger partial charge in [-0.15, -0.1) is 0 Å². The number of carbonyl (C=O) groups excluding carboxylic acids is 1. The highest BCUT2D eigenvalue weighted by atomic mass is 79.9. The number of benzene rings is 2. The average molecular weight is 446 g/mol. The van der Waals surface area contributed by atoms with Crippen molar-refractivity contribution < 1.29 is 14.3 Å². The number of nitrogens with zero attached hydrogens (tertiary/aromatic N) is 1. The van der Waals surface area contributed by atoms with Gasteiger partial charge in [-0.1, -0.05) is 40.2 Å². The zero-order valence-electron chi connectivity index (χ0n) is 16.8. The molecule has 1 fully saturated rings. The number of carbonyl (C=O) groups is 1. The molecular formula is C23H28BrNO3. The number of likely N-dealkylation sites (tertiary alicyclic amines) is 1. The van der Waals surface area contributed by atoms with Gasteiger partial charge in [0.25, 0.3) is 0 Å². The molecule has 0 saturated carbocycles. The van der Waals surface area contributed by atoms with Crippen molar-refractivity contribution in [1.82, 2.24) is 4.90 Å². The van der Waals surface area contributed by atoms with E-state index in [1.807, 2.05) is 32.9 Å². The average Bonchev–Trinajstić information content (AvgIpc) is 3.10. The Labute approximate surface area is 176 Å². The molecule has 0 aliphatic carbocycles. The summed E-state index contributed by atoms with van der Waals surface area (Å²) in [6.07, 6.45) is 2.58. The number of hydrogen-bond acceptors (Lipinski definition) is 3. The molecule has 2 aromatic carbocycles. The lowest BCUT2D eigenvalue weighted by Crippen LogP contribution is -2.42. The van der Waals surface area contributed by atoms with Crippen LogP contribution in [-0.2, 0) is 11.2 Å². The monoisotopic (exact) mass is 445 g/mol. The van der Waals surface area contributed by atoms with Crippen LogP contribution in [0.3, 0.4) is 0 Å². The minimum Gasteiger partial charge on any atom is -0.491 e. The second-order valence-corrected chi connectivity index (χ2v) is 9.14. The summed E-state index contributed by atoms with van der Waals surface area (Å²) in [6.45, 7) is 6.90. The van der Waals surface area contributed by atoms with Gasteiger partial charge in [0.15, 0.2) is 0 Å². The molecule has 1 atom stereocenters. The van der Waals surface area contributed by atoms with Crippen molar-refractivity contribution >= 4 is 22.0 Å². The minimum atomic E-state index is -0.476. The maximum atomic E-state index is 12.4. The van der Waals surface area contributed by atoms with E-state index in [9.17, 15) is 4.79 Å². The zero-order chi connectivity index (χ0) is 20.1. The molecule has 0 aromatic heterocycles. The summed E-state index contributed by atoms with van der Waals surface area (Å²) < 4.78 is 12.6. The van der Waals surface area contributed by atoms with Crippen LogP contribution in [0.15, 0.2) is 53.0 Å². The van der Waals surface area contributed by atoms with Gasteiger partial charge in [-0.05, 0) is 75.4 Å². The van der Waals surface area contributed by atoms with Gasteiger partial charge in [0.1, 0.15) is 18.0 Å². The molecule has 0 N–H and O–H groups in total. The van der Waals surface area contributed by atoms with E-state index in [-0.39, 0.29) is 12.1 Å². The minimum absolute atomic E-state index is 0.0669. The van der Waals surface area contributed by atoms with Crippen molar-refractivity contribution in [3.63, 3.8) is 0 Å². The van der Waals surface area contributed by atoms with Crippen LogP contribution in [0.5, 0.6) is 5.75 Å². The van der Waals surface area contributed by atoms with Gasteiger partial charge in [-0.2, -0.15) is 0 Å². The Morgan fingerprint density at radius 2 is 1.68 bits per heavy atom. The van der Waals surface area contributed by atoms with Crippen LogP contribution in [0.25, 0.3) is 0 Å². The van der Waals surface area contributed by atoms with Gasteiger partial charge in [-0.3, -0.25) is 0 Å². The maximum Gasteiger partial charge on any atom is 0.410 e. The molecule has 1 heterocycles. The molecule has 4 nitrogen and oxygen atoms in total. The molecule has 2 aromatic rings. The predicted molar refractivity (Wildman–Crippen MR) is 115 cm³/mol. The summed E-state index contributed by atoms with van der Waals surface area (Å²) in [4.78, 5) is 14.2. The number of ether oxygens (including phenoxy) is 2. The molecule has 1 aliphatic heterocycles. The van der Waals surface area contributed by atoms with Crippen LogP contribution >= 0.6 is 15.9 Å². The van der Waals surface area contributed by atoms with Crippen LogP contribution in [0.4, 0.5) is 4.79 Å². The maximum absolute atomic E-state index is 12.4. The smallest absolute Gasteiger partial charge is 0.410 e. The molecule has 5 heteroatoms. The summed E-state index contributed by atoms with van der Waals surface area (Å²) in [5, 5.41) is 0. The Morgan fingerprint density at radius 1 is 1.07 bits per heavy atom. The second-order valence-electron chi connectivity index (χ2n) is 8.23. The molecule has 28 heavy (non-hydrogen) atoms. The predicted octanol–water partition coefficient (Wildman–Crippen LogP) is 5.82. The number of rotatable bonds is 5. The lowest BCUT2D eigenvalue weighted by Gasteiger charge is -2.28. The van der Waals surface area contributed by atoms with Crippen LogP contribution in [-0.4, -0.2) is 35.8 Å². The first kappa shape index (κ1) is 20.7. The van der Waals surface area contributed by atoms with E-state index >= 15 is 0 Å². The van der Waals surface area contributed by atoms with Crippen LogP contribution in [0, 0.1) is 0 Å². The molecule has 0 bridgehead atoms. The van der Waals surface area contributed by atoms with Crippen LogP contribution in [0.1, 0.15) is 44.7 Å². The molecule has 1 aliphatic rings. The van der Waals surface area contributed by atoms with E-state index in [1.54, 1.807) is 4.90 Å². The van der Waals surface area contributed by atoms with Gasteiger partial charge >= 0.3 is 6.09 Å². The number of amides is 1. The third kappa shape index (κ3) is 5.99. The normalized spacial score (nSPS) is 16.9. The number of hydrogen-bond donors (Lipinski definition) is 0. The third-order valence-electron chi connectivity index (χ3n) is 4.69. The highest BCUT2D eigenvalue weighted by Gasteiger charge is 2.32. The van der Waals surface area contributed by atoms with Crippen LogP contribution in [0.2, 0.25) is 0 Å². The van der Waals surface area contributed by atoms with Gasteiger partial charge < -0.3 is 14.4 Å². The Morgan fingerprint density at radius 3 is 2.29 bits per heavy atom. The number of halogens is 1. The van der Waals surface area contributed by atoms with E-state index in [2.05, 4.69) is 52.3 Å². The Balaban J connectivity index is 1.52. The quantitative estimate of drug-likeness (QED) is 0.581. The van der Waals surface area contributed by atoms with Crippen molar-refractivity contribution in [2.24, 2.45) is 0 Å². The fourth-order valence-electron chi connectivity index (χ4n) is 3.30. The van der Waals surface area contributed by atoms with Crippen molar-refractivity contribution in [2.75, 3.05) is 13.2 Å². The van der Waals surface area contributed by atoms with Crippen molar-refractivity contribution in [3.05, 3.63) is 64.1 Å². The van der Waals surface area contributed by atoms with Gasteiger partial charge in [0, 0.05) is 11.0 Å². The van der Waals surface area contributed by atoms with Gasteiger partial charge in [0.2, 0.25) is 0 Å². The van der Waals surface area contributed by atoms with E-state index in [0.29, 0.717) is 6.61 Å². The highest BCUT2D eigenvalue weighted by molar-refractivity contribution is 9.10. The Kier molecular flexibility index (Phi) is 6.65. The fourth-order valence-corrected chi connectivity index (χ4v) is 3.57. The second kappa shape index (κ2) is 8.99. The first-order valence-electron chi connectivity index (χ1n) is 9.76. The SMILES string of the molecule is CC(C)(C)OC(=O)N1CCC[C@@H]1COc1ccc(Cc2ccc(Br)cc2)cc1. The molecule has 0 radical (unpaired) electrons. The molecule has 0 unspecified atom stereocenters. The molecule has 3 rings (SSSR count). The van der Waals surface area contributed by atoms with E-state index in [4.69, 9.17) is 9.47 Å². The van der Waals surface area contributed by atoms with E-state index in [0.717, 1.165) is 36.0 Å². The van der Waals surface area contributed by atoms with Gasteiger partial charge in [-0.25, -0.2) is 4.79 Å². The summed E-state index contributed by atoms with van der Waals surface area (Å²) >= 11 is 3.46. The lowest BCUT2D eigenvalue weighted by atomic mass is 10.1. The first-order chi connectivity index (χ1) is 13.3. The largest absolute Gasteiger partial charge is 0.491 e. The molecule has 150 valence electrons. The molecule has 0 spiro atoms. The highest BCUT2D eigenvalue weighted by Crippen LogP contribution is 2.23. The zero-order valence-corrected chi connectivity index (χ0v) is 18.4. The van der Waals surface area contributed by atoms with Crippen molar-refractivity contribution in [3.8, 4) is 5.75 Å². The van der Waals surface area contributed by atoms with Crippen LogP contribution < -0.4 is 4.74 Å². The topological polar surface area (TPSA) is 38.8 Å². The third-order valence-corrected chi connectivity index (χ3v) is 5.22. The lowest BCUT2D eigenvalue weighted by molar-refractivity contribution is 0.0187. The molecule has 1 amide bonds. The van der Waals surface area contributed by atoms with E-state index < -0.39 is 5.60 Å². The molecular weight excluding hydrogens is 418 g/mol. The molecule has 1 saturated heterocycles. The summed E-state index contributed by atoms with van der Waals surface area (Å²) in [5.41, 5.74) is 2.04. The summed E-state index contributed by atoms with van der Waals surface area (Å²) in [5.74, 6) is 0.829. The van der Waals surface area contributed by atoms with Gasteiger partial charge in [0.05, 0.1) is 6.04 Å². The first-order valence-corrected chi connectivity index (χ1v) is 10.6.